The van der Waals surface area contributed by atoms with Gasteiger partial charge in [0.05, 0.1) is 32.3 Å². The number of phosphoric ester groups is 1. The van der Waals surface area contributed by atoms with E-state index in [2.05, 4.69) is 36.3 Å². The Bertz CT molecular complexity index is 1490. The highest BCUT2D eigenvalue weighted by Gasteiger charge is 2.27. The first kappa shape index (κ1) is 32.1. The fraction of sp³-hybridized carbons (Fsp3) is 0.407. The lowest BCUT2D eigenvalue weighted by Gasteiger charge is -2.13. The number of aliphatic hydroxyl groups is 1. The minimum absolute atomic E-state index is 0.162. The van der Waals surface area contributed by atoms with Crippen LogP contribution in [0, 0.1) is 5.92 Å². The summed E-state index contributed by atoms with van der Waals surface area (Å²) in [6.07, 6.45) is 12.5. The Balaban J connectivity index is 0.000000197. The second kappa shape index (κ2) is 14.6. The van der Waals surface area contributed by atoms with E-state index in [9.17, 15) is 14.5 Å². The number of hydroxylamine groups is 1. The Kier molecular flexibility index (Phi) is 10.9. The molecule has 15 nitrogen and oxygen atoms in total. The van der Waals surface area contributed by atoms with Gasteiger partial charge in [0, 0.05) is 18.6 Å². The molecule has 1 saturated carbocycles. The molecule has 0 unspecified atom stereocenters. The molecule has 232 valence electrons. The summed E-state index contributed by atoms with van der Waals surface area (Å²) in [6.45, 7) is 1.70. The molecular weight excluding hydrogens is 581 g/mol. The van der Waals surface area contributed by atoms with Gasteiger partial charge in [-0.15, -0.1) is 0 Å². The highest BCUT2D eigenvalue weighted by Crippen LogP contribution is 2.36. The van der Waals surface area contributed by atoms with Crippen molar-refractivity contribution >= 4 is 42.8 Å². The van der Waals surface area contributed by atoms with Gasteiger partial charge in [0.2, 0.25) is 5.95 Å². The summed E-state index contributed by atoms with van der Waals surface area (Å²) >= 11 is 0. The van der Waals surface area contributed by atoms with Crippen molar-refractivity contribution in [3.05, 3.63) is 60.1 Å². The second-order valence-corrected chi connectivity index (χ2v) is 11.3. The van der Waals surface area contributed by atoms with Crippen LogP contribution in [0.5, 0.6) is 0 Å². The maximum Gasteiger partial charge on any atom is 0.527 e. The van der Waals surface area contributed by atoms with Crippen molar-refractivity contribution in [2.24, 2.45) is 5.92 Å². The number of carbonyl (C=O) groups is 1. The normalized spacial score (nSPS) is 18.8. The first-order valence-electron chi connectivity index (χ1n) is 13.6. The highest BCUT2D eigenvalue weighted by atomic mass is 31.2. The van der Waals surface area contributed by atoms with Crippen molar-refractivity contribution in [1.29, 1.82) is 0 Å². The van der Waals surface area contributed by atoms with Crippen LogP contribution in [-0.2, 0) is 30.1 Å². The number of aromatic nitrogens is 4. The Morgan fingerprint density at radius 2 is 1.98 bits per heavy atom. The van der Waals surface area contributed by atoms with Crippen molar-refractivity contribution < 1.29 is 38.4 Å². The summed E-state index contributed by atoms with van der Waals surface area (Å²) < 4.78 is 21.3. The molecular formula is C27H36N7O8P. The molecule has 0 radical (unpaired) electrons. The van der Waals surface area contributed by atoms with E-state index in [0.717, 1.165) is 47.4 Å². The van der Waals surface area contributed by atoms with E-state index in [1.165, 1.54) is 6.92 Å². The lowest BCUT2D eigenvalue weighted by molar-refractivity contribution is -0.142. The number of phosphoric acid groups is 1. The largest absolute Gasteiger partial charge is 0.527 e. The van der Waals surface area contributed by atoms with Crippen molar-refractivity contribution in [1.82, 2.24) is 25.0 Å². The lowest BCUT2D eigenvalue weighted by atomic mass is 10.1. The topological polar surface area (TPSA) is 216 Å². The molecule has 7 N–H and O–H groups in total. The van der Waals surface area contributed by atoms with Crippen LogP contribution in [-0.4, -0.2) is 66.2 Å². The Labute approximate surface area is 248 Å². The van der Waals surface area contributed by atoms with Gasteiger partial charge >= 0.3 is 13.8 Å². The summed E-state index contributed by atoms with van der Waals surface area (Å²) in [6, 6.07) is 7.01. The number of nitrogens with one attached hydrogen (secondary N) is 2. The number of ether oxygens (including phenoxy) is 1. The molecule has 3 aromatic rings. The first-order valence-corrected chi connectivity index (χ1v) is 15.1. The van der Waals surface area contributed by atoms with Crippen LogP contribution in [0.25, 0.3) is 17.2 Å². The Morgan fingerprint density at radius 3 is 2.60 bits per heavy atom. The monoisotopic (exact) mass is 617 g/mol. The van der Waals surface area contributed by atoms with E-state index in [1.807, 2.05) is 34.9 Å². The number of carbonyl (C=O) groups excluding carboxylic acids is 1. The molecule has 0 bridgehead atoms. The molecule has 5 rings (SSSR count). The maximum atomic E-state index is 11.3. The second-order valence-electron chi connectivity index (χ2n) is 10.1. The number of benzene rings is 1. The Hall–Kier alpha value is -3.85. The molecule has 2 heterocycles. The maximum absolute atomic E-state index is 11.3. The van der Waals surface area contributed by atoms with Gasteiger partial charge in [-0.2, -0.15) is 15.4 Å². The van der Waals surface area contributed by atoms with Crippen molar-refractivity contribution in [2.45, 2.75) is 50.9 Å². The predicted molar refractivity (Wildman–Crippen MR) is 158 cm³/mol. The summed E-state index contributed by atoms with van der Waals surface area (Å²) in [5.74, 6) is 0.0802. The minimum Gasteiger partial charge on any atom is -0.504 e. The number of imidazole rings is 1. The number of allylic oxidation sites excluding steroid dienone is 1. The molecule has 0 amide bonds. The molecule has 3 atom stereocenters. The van der Waals surface area contributed by atoms with Crippen LogP contribution in [0.15, 0.2) is 49.0 Å². The van der Waals surface area contributed by atoms with Gasteiger partial charge in [-0.3, -0.25) is 14.6 Å². The van der Waals surface area contributed by atoms with Gasteiger partial charge in [0.25, 0.3) is 0 Å². The summed E-state index contributed by atoms with van der Waals surface area (Å²) in [5.41, 5.74) is 11.5. The SMILES string of the molecule is COC=Cc1ccc(CON[C@@H](C)C(=O)OP(=O)(O)O)cc1.Nc1nc(NC2CC2)c2ncn([C@H]3C=C[C@@H](CO)C3)c2n1. The third-order valence-corrected chi connectivity index (χ3v) is 6.95. The lowest BCUT2D eigenvalue weighted by Crippen LogP contribution is -2.34. The van der Waals surface area contributed by atoms with Gasteiger partial charge in [-0.1, -0.05) is 36.4 Å². The van der Waals surface area contributed by atoms with E-state index < -0.39 is 19.8 Å². The molecule has 0 saturated heterocycles. The number of methoxy groups -OCH3 is 1. The number of rotatable bonds is 12. The number of anilines is 2. The van der Waals surface area contributed by atoms with E-state index in [0.29, 0.717) is 6.04 Å². The fourth-order valence-corrected chi connectivity index (χ4v) is 4.55. The highest BCUT2D eigenvalue weighted by molar-refractivity contribution is 7.46. The third kappa shape index (κ3) is 9.58. The number of nitrogen functional groups attached to an aromatic ring is 1. The zero-order valence-corrected chi connectivity index (χ0v) is 24.6. The number of nitrogens with zero attached hydrogens (tertiary/aromatic N) is 4. The van der Waals surface area contributed by atoms with Crippen molar-refractivity contribution in [3.63, 3.8) is 0 Å². The molecule has 1 aromatic carbocycles. The molecule has 2 aromatic heterocycles. The van der Waals surface area contributed by atoms with Gasteiger partial charge in [0.1, 0.15) is 6.04 Å². The zero-order chi connectivity index (χ0) is 31.0. The van der Waals surface area contributed by atoms with E-state index >= 15 is 0 Å². The fourth-order valence-electron chi connectivity index (χ4n) is 4.16. The van der Waals surface area contributed by atoms with E-state index in [-0.39, 0.29) is 31.1 Å². The summed E-state index contributed by atoms with van der Waals surface area (Å²) in [5, 5.41) is 12.6. The van der Waals surface area contributed by atoms with Crippen molar-refractivity contribution in [2.75, 3.05) is 24.8 Å². The molecule has 0 spiro atoms. The smallest absolute Gasteiger partial charge is 0.504 e. The third-order valence-electron chi connectivity index (χ3n) is 6.54. The summed E-state index contributed by atoms with van der Waals surface area (Å²) in [4.78, 5) is 46.5. The van der Waals surface area contributed by atoms with Crippen LogP contribution >= 0.6 is 7.82 Å². The molecule has 16 heteroatoms. The van der Waals surface area contributed by atoms with Crippen LogP contribution in [0.2, 0.25) is 0 Å². The van der Waals surface area contributed by atoms with E-state index in [1.54, 1.807) is 25.8 Å². The Morgan fingerprint density at radius 1 is 1.23 bits per heavy atom. The molecule has 2 aliphatic rings. The van der Waals surface area contributed by atoms with Crippen LogP contribution in [0.1, 0.15) is 43.4 Å². The number of aliphatic hydroxyl groups excluding tert-OH is 1. The van der Waals surface area contributed by atoms with Crippen LogP contribution in [0.4, 0.5) is 11.8 Å². The standard InChI is InChI=1S/C14H18N6O.C13H18NO7P/c15-14-18-12(17-9-2-3-9)11-13(19-14)20(7-16-11)10-4-1-8(5-10)6-21;1-10(13(15)21-22(16,17)18)14-20-9-12-5-3-11(4-6-12)7-8-19-2/h1,4,7-10,21H,2-3,5-6H2,(H3,15,17,18,19);3-8,10,14H,9H2,1-2H3,(H2,16,17,18)/t8-,10+;10-/m10/s1. The molecule has 43 heavy (non-hydrogen) atoms. The zero-order valence-electron chi connectivity index (χ0n) is 23.7. The van der Waals surface area contributed by atoms with Crippen LogP contribution < -0.4 is 16.5 Å². The van der Waals surface area contributed by atoms with Gasteiger partial charge in [-0.05, 0) is 43.4 Å². The number of nitrogens with two attached hydrogens (primary N) is 1. The molecule has 0 aliphatic heterocycles. The first-order chi connectivity index (χ1) is 20.6. The number of fused-ring (bicyclic) bond motifs is 1. The average Bonchev–Trinajstić information content (AvgIpc) is 3.47. The number of hydrogen-bond donors (Lipinski definition) is 6. The minimum atomic E-state index is -4.84. The van der Waals surface area contributed by atoms with E-state index in [4.69, 9.17) is 25.1 Å². The van der Waals surface area contributed by atoms with Gasteiger partial charge < -0.3 is 30.0 Å². The summed E-state index contributed by atoms with van der Waals surface area (Å²) in [7, 11) is -3.28. The molecule has 1 fully saturated rings. The van der Waals surface area contributed by atoms with Gasteiger partial charge in [0.15, 0.2) is 17.0 Å². The quantitative estimate of drug-likeness (QED) is 0.0745. The predicted octanol–water partition coefficient (Wildman–Crippen LogP) is 2.44. The van der Waals surface area contributed by atoms with Gasteiger partial charge in [-0.25, -0.2) is 14.3 Å². The van der Waals surface area contributed by atoms with Crippen LogP contribution in [0.3, 0.4) is 0 Å². The van der Waals surface area contributed by atoms with Crippen molar-refractivity contribution in [3.8, 4) is 0 Å². The average molecular weight is 618 g/mol. The number of hydrogen-bond acceptors (Lipinski definition) is 12. The molecule has 2 aliphatic carbocycles.